The Morgan fingerprint density at radius 1 is 1.16 bits per heavy atom. The second-order valence-corrected chi connectivity index (χ2v) is 9.58. The van der Waals surface area contributed by atoms with Gasteiger partial charge >= 0.3 is 0 Å². The van der Waals surface area contributed by atoms with Crippen molar-refractivity contribution in [1.82, 2.24) is 19.0 Å². The van der Waals surface area contributed by atoms with E-state index in [0.29, 0.717) is 45.7 Å². The molecule has 4 rings (SSSR count). The minimum Gasteiger partial charge on any atom is -0.379 e. The highest BCUT2D eigenvalue weighted by molar-refractivity contribution is 7.89. The highest BCUT2D eigenvalue weighted by Gasteiger charge is 2.26. The first-order valence-electron chi connectivity index (χ1n) is 10.3. The molecule has 1 N–H and O–H groups in total. The Balaban J connectivity index is 1.28. The fraction of sp³-hybridized carbons (Fsp3) is 0.364. The van der Waals surface area contributed by atoms with Crippen molar-refractivity contribution in [1.29, 1.82) is 0 Å². The van der Waals surface area contributed by atoms with Crippen molar-refractivity contribution >= 4 is 21.6 Å². The summed E-state index contributed by atoms with van der Waals surface area (Å²) in [5.41, 5.74) is 3.71. The quantitative estimate of drug-likeness (QED) is 0.603. The van der Waals surface area contributed by atoms with Crippen LogP contribution >= 0.6 is 0 Å². The molecule has 31 heavy (non-hydrogen) atoms. The van der Waals surface area contributed by atoms with Crippen LogP contribution in [0.4, 0.5) is 0 Å². The summed E-state index contributed by atoms with van der Waals surface area (Å²) >= 11 is 0. The molecule has 0 radical (unpaired) electrons. The van der Waals surface area contributed by atoms with E-state index in [1.54, 1.807) is 24.3 Å². The van der Waals surface area contributed by atoms with Crippen molar-refractivity contribution in [2.45, 2.75) is 31.2 Å². The number of hydrogen-bond acceptors (Lipinski definition) is 5. The van der Waals surface area contributed by atoms with Crippen LogP contribution in [-0.4, -0.2) is 54.3 Å². The normalized spacial score (nSPS) is 15.3. The molecule has 3 heterocycles. The molecule has 3 aromatic rings. The Labute approximate surface area is 181 Å². The number of amides is 1. The van der Waals surface area contributed by atoms with Crippen molar-refractivity contribution in [2.75, 3.05) is 26.3 Å². The lowest BCUT2D eigenvalue weighted by Crippen LogP contribution is -2.40. The summed E-state index contributed by atoms with van der Waals surface area (Å²) in [5, 5.41) is 2.89. The number of pyridine rings is 1. The molecular formula is C22H26N4O4S. The van der Waals surface area contributed by atoms with Crippen molar-refractivity contribution in [3.63, 3.8) is 0 Å². The molecule has 0 bridgehead atoms. The molecule has 0 aliphatic carbocycles. The van der Waals surface area contributed by atoms with E-state index < -0.39 is 10.0 Å². The Kier molecular flexibility index (Phi) is 6.35. The molecule has 1 fully saturated rings. The first-order chi connectivity index (χ1) is 14.9. The summed E-state index contributed by atoms with van der Waals surface area (Å²) in [5.74, 6) is -0.0711. The summed E-state index contributed by atoms with van der Waals surface area (Å²) in [6, 6.07) is 10.8. The molecule has 0 unspecified atom stereocenters. The molecular weight excluding hydrogens is 416 g/mol. The summed E-state index contributed by atoms with van der Waals surface area (Å²) in [4.78, 5) is 17.0. The molecule has 8 nitrogen and oxygen atoms in total. The molecule has 1 aliphatic rings. The van der Waals surface area contributed by atoms with Gasteiger partial charge in [0.25, 0.3) is 0 Å². The molecule has 9 heteroatoms. The highest BCUT2D eigenvalue weighted by Crippen LogP contribution is 2.18. The van der Waals surface area contributed by atoms with Crippen molar-refractivity contribution in [2.24, 2.45) is 0 Å². The van der Waals surface area contributed by atoms with Crippen LogP contribution in [0.25, 0.3) is 5.65 Å². The van der Waals surface area contributed by atoms with Crippen LogP contribution in [0.1, 0.15) is 23.2 Å². The van der Waals surface area contributed by atoms with E-state index in [0.717, 1.165) is 22.5 Å². The largest absolute Gasteiger partial charge is 0.379 e. The van der Waals surface area contributed by atoms with Gasteiger partial charge < -0.3 is 14.5 Å². The SMILES string of the molecule is Cc1ccn2cc(CNC(=O)CCc3ccc(S(=O)(=O)N4CCOCC4)cc3)nc2c1. The van der Waals surface area contributed by atoms with E-state index in [4.69, 9.17) is 4.74 Å². The molecule has 2 aromatic heterocycles. The molecule has 0 atom stereocenters. The third-order valence-corrected chi connectivity index (χ3v) is 7.22. The number of rotatable bonds is 7. The van der Waals surface area contributed by atoms with E-state index in [-0.39, 0.29) is 10.8 Å². The van der Waals surface area contributed by atoms with Crippen molar-refractivity contribution < 1.29 is 17.9 Å². The van der Waals surface area contributed by atoms with Gasteiger partial charge in [-0.1, -0.05) is 12.1 Å². The number of morpholine rings is 1. The van der Waals surface area contributed by atoms with Crippen LogP contribution in [0, 0.1) is 6.92 Å². The predicted octanol–water partition coefficient (Wildman–Crippen LogP) is 1.91. The van der Waals surface area contributed by atoms with Gasteiger partial charge in [0.2, 0.25) is 15.9 Å². The lowest BCUT2D eigenvalue weighted by molar-refractivity contribution is -0.121. The van der Waals surface area contributed by atoms with Gasteiger partial charge in [0.1, 0.15) is 5.65 Å². The van der Waals surface area contributed by atoms with Crippen LogP contribution in [-0.2, 0) is 32.5 Å². The zero-order valence-electron chi connectivity index (χ0n) is 17.5. The molecule has 1 aliphatic heterocycles. The number of sulfonamides is 1. The second kappa shape index (κ2) is 9.17. The first-order valence-corrected chi connectivity index (χ1v) is 11.7. The number of benzene rings is 1. The standard InChI is InChI=1S/C22H26N4O4S/c1-17-8-9-25-16-19(24-21(25)14-17)15-23-22(27)7-4-18-2-5-20(6-3-18)31(28,29)26-10-12-30-13-11-26/h2-3,5-6,8-9,14,16H,4,7,10-13,15H2,1H3,(H,23,27). The van der Waals surface area contributed by atoms with Crippen molar-refractivity contribution in [3.05, 3.63) is 65.6 Å². The van der Waals surface area contributed by atoms with Gasteiger partial charge in [-0.2, -0.15) is 4.31 Å². The summed E-state index contributed by atoms with van der Waals surface area (Å²) in [7, 11) is -3.50. The predicted molar refractivity (Wildman–Crippen MR) is 116 cm³/mol. The van der Waals surface area contributed by atoms with E-state index in [1.165, 1.54) is 4.31 Å². The first kappa shape index (κ1) is 21.5. The monoisotopic (exact) mass is 442 g/mol. The molecule has 1 aromatic carbocycles. The van der Waals surface area contributed by atoms with Gasteiger partial charge in [0.15, 0.2) is 0 Å². The second-order valence-electron chi connectivity index (χ2n) is 7.64. The molecule has 1 saturated heterocycles. The Bertz CT molecular complexity index is 1170. The maximum Gasteiger partial charge on any atom is 0.243 e. The fourth-order valence-electron chi connectivity index (χ4n) is 3.52. The summed E-state index contributed by atoms with van der Waals surface area (Å²) in [6.45, 7) is 3.96. The van der Waals surface area contributed by atoms with Crippen LogP contribution in [0.15, 0.2) is 53.7 Å². The maximum absolute atomic E-state index is 12.7. The Hall–Kier alpha value is -2.75. The number of carbonyl (C=O) groups excluding carboxylic acids is 1. The summed E-state index contributed by atoms with van der Waals surface area (Å²) in [6.07, 6.45) is 4.71. The van der Waals surface area contributed by atoms with E-state index in [9.17, 15) is 13.2 Å². The Morgan fingerprint density at radius 2 is 1.90 bits per heavy atom. The zero-order valence-corrected chi connectivity index (χ0v) is 18.3. The maximum atomic E-state index is 12.7. The summed E-state index contributed by atoms with van der Waals surface area (Å²) < 4.78 is 33.9. The third kappa shape index (κ3) is 5.12. The van der Waals surface area contributed by atoms with Gasteiger partial charge in [-0.05, 0) is 48.7 Å². The van der Waals surface area contributed by atoms with Crippen LogP contribution < -0.4 is 5.32 Å². The van der Waals surface area contributed by atoms with Crippen LogP contribution in [0.3, 0.4) is 0 Å². The van der Waals surface area contributed by atoms with Gasteiger partial charge in [-0.25, -0.2) is 13.4 Å². The highest BCUT2D eigenvalue weighted by atomic mass is 32.2. The van der Waals surface area contributed by atoms with Crippen LogP contribution in [0.2, 0.25) is 0 Å². The lowest BCUT2D eigenvalue weighted by atomic mass is 10.1. The number of nitrogens with one attached hydrogen (secondary N) is 1. The van der Waals surface area contributed by atoms with Crippen molar-refractivity contribution in [3.8, 4) is 0 Å². The number of hydrogen-bond donors (Lipinski definition) is 1. The number of carbonyl (C=O) groups is 1. The van der Waals surface area contributed by atoms with Gasteiger partial charge in [-0.15, -0.1) is 0 Å². The Morgan fingerprint density at radius 3 is 2.65 bits per heavy atom. The molecule has 0 saturated carbocycles. The molecule has 1 amide bonds. The minimum atomic E-state index is -3.50. The number of imidazole rings is 1. The average molecular weight is 443 g/mol. The minimum absolute atomic E-state index is 0.0711. The van der Waals surface area contributed by atoms with E-state index in [1.807, 2.05) is 35.9 Å². The number of aryl methyl sites for hydroxylation is 2. The van der Waals surface area contributed by atoms with Gasteiger partial charge in [0, 0.05) is 31.9 Å². The van der Waals surface area contributed by atoms with Crippen LogP contribution in [0.5, 0.6) is 0 Å². The number of nitrogens with zero attached hydrogens (tertiary/aromatic N) is 3. The molecule has 164 valence electrons. The number of aromatic nitrogens is 2. The van der Waals surface area contributed by atoms with Gasteiger partial charge in [-0.3, -0.25) is 4.79 Å². The molecule has 0 spiro atoms. The van der Waals surface area contributed by atoms with Gasteiger partial charge in [0.05, 0.1) is 30.3 Å². The van der Waals surface area contributed by atoms with E-state index in [2.05, 4.69) is 10.3 Å². The topological polar surface area (TPSA) is 93.0 Å². The third-order valence-electron chi connectivity index (χ3n) is 5.30. The average Bonchev–Trinajstić information content (AvgIpc) is 3.19. The fourth-order valence-corrected chi connectivity index (χ4v) is 4.93. The number of ether oxygens (including phenoxy) is 1. The lowest BCUT2D eigenvalue weighted by Gasteiger charge is -2.26. The van der Waals surface area contributed by atoms with E-state index >= 15 is 0 Å². The number of fused-ring (bicyclic) bond motifs is 1. The smallest absolute Gasteiger partial charge is 0.243 e. The zero-order chi connectivity index (χ0) is 21.8.